The molecule has 3 unspecified atom stereocenters. The average molecular weight is 528 g/mol. The highest BCUT2D eigenvalue weighted by Gasteiger charge is 2.38. The fourth-order valence-corrected chi connectivity index (χ4v) is 5.89. The molecule has 1 fully saturated rings. The van der Waals surface area contributed by atoms with Crippen molar-refractivity contribution in [2.24, 2.45) is 5.92 Å². The van der Waals surface area contributed by atoms with E-state index in [1.807, 2.05) is 6.07 Å². The summed E-state index contributed by atoms with van der Waals surface area (Å²) in [6, 6.07) is 5.33. The van der Waals surface area contributed by atoms with Gasteiger partial charge in [0.05, 0.1) is 18.0 Å². The first kappa shape index (κ1) is 29.0. The first-order chi connectivity index (χ1) is 18.6. The van der Waals surface area contributed by atoms with Crippen LogP contribution >= 0.6 is 0 Å². The van der Waals surface area contributed by atoms with Crippen LogP contribution in [0.25, 0.3) is 11.3 Å². The summed E-state index contributed by atoms with van der Waals surface area (Å²) < 4.78 is 41.9. The van der Waals surface area contributed by atoms with E-state index in [9.17, 15) is 0 Å². The van der Waals surface area contributed by atoms with Crippen molar-refractivity contribution in [1.82, 2.24) is 4.98 Å². The van der Waals surface area contributed by atoms with Crippen LogP contribution in [0.5, 0.6) is 5.75 Å². The molecule has 0 bridgehead atoms. The average Bonchev–Trinajstić information content (AvgIpc) is 3.70. The third-order valence-corrected chi connectivity index (χ3v) is 8.39. The number of hydrogen-bond donors (Lipinski definition) is 0. The number of epoxide rings is 1. The minimum absolute atomic E-state index is 0.151. The molecule has 1 aromatic heterocycles. The monoisotopic (exact) mass is 527 g/mol. The number of nitrogens with zero attached hydrogens (tertiary/aromatic N) is 1. The first-order valence-corrected chi connectivity index (χ1v) is 15.3. The molecule has 2 heterocycles. The van der Waals surface area contributed by atoms with E-state index in [1.54, 1.807) is 18.3 Å². The molecule has 1 saturated heterocycles. The first-order valence-electron chi connectivity index (χ1n) is 15.3. The van der Waals surface area contributed by atoms with Gasteiger partial charge in [-0.05, 0) is 60.9 Å². The third-order valence-electron chi connectivity index (χ3n) is 8.39. The quantitative estimate of drug-likeness (QED) is 0.152. The number of hydrogen-bond acceptors (Lipinski definition) is 3. The van der Waals surface area contributed by atoms with Crippen LogP contribution in [0.3, 0.4) is 0 Å². The predicted octanol–water partition coefficient (Wildman–Crippen LogP) is 9.39. The van der Waals surface area contributed by atoms with Gasteiger partial charge >= 0.3 is 0 Å². The molecule has 2 aliphatic rings. The van der Waals surface area contributed by atoms with Gasteiger partial charge in [0.25, 0.3) is 0 Å². The van der Waals surface area contributed by atoms with Crippen LogP contribution in [0.15, 0.2) is 24.4 Å². The van der Waals surface area contributed by atoms with E-state index < -0.39 is 11.6 Å². The Morgan fingerprint density at radius 3 is 2.32 bits per heavy atom. The van der Waals surface area contributed by atoms with Crippen molar-refractivity contribution in [3.63, 3.8) is 0 Å². The molecule has 0 radical (unpaired) electrons. The standard InChI is InChI=1S/C33H47F2NO2/c1-3-5-7-9-10-11-12-14-24-16-17-25-21-28(33(35)32(34)27(25)20-24)29-19-18-26(22-36-29)37-23-31-30(38-31)15-13-8-6-4-2/h18-19,21-22,24,30-31H,3-17,20,23H2,1-2H3. The maximum absolute atomic E-state index is 15.2. The number of benzene rings is 1. The summed E-state index contributed by atoms with van der Waals surface area (Å²) in [6.45, 7) is 4.96. The van der Waals surface area contributed by atoms with Crippen molar-refractivity contribution in [2.45, 2.75) is 129 Å². The Balaban J connectivity index is 1.26. The maximum Gasteiger partial charge on any atom is 0.168 e. The number of unbranched alkanes of at least 4 members (excludes halogenated alkanes) is 9. The van der Waals surface area contributed by atoms with E-state index in [4.69, 9.17) is 9.47 Å². The molecule has 2 aromatic rings. The second-order valence-corrected chi connectivity index (χ2v) is 11.5. The van der Waals surface area contributed by atoms with E-state index >= 15 is 8.78 Å². The van der Waals surface area contributed by atoms with Crippen LogP contribution in [0, 0.1) is 17.6 Å². The number of aromatic nitrogens is 1. The molecule has 1 aliphatic carbocycles. The van der Waals surface area contributed by atoms with Gasteiger partial charge in [0.2, 0.25) is 0 Å². The zero-order chi connectivity index (χ0) is 26.7. The zero-order valence-corrected chi connectivity index (χ0v) is 23.6. The summed E-state index contributed by atoms with van der Waals surface area (Å²) >= 11 is 0. The van der Waals surface area contributed by atoms with Gasteiger partial charge in [-0.3, -0.25) is 4.98 Å². The second-order valence-electron chi connectivity index (χ2n) is 11.5. The van der Waals surface area contributed by atoms with Crippen LogP contribution in [0.4, 0.5) is 8.78 Å². The fourth-order valence-electron chi connectivity index (χ4n) is 5.89. The minimum Gasteiger partial charge on any atom is -0.489 e. The number of halogens is 2. The Morgan fingerprint density at radius 2 is 1.58 bits per heavy atom. The summed E-state index contributed by atoms with van der Waals surface area (Å²) in [6.07, 6.45) is 20.7. The normalized spacial score (nSPS) is 20.4. The molecule has 0 N–H and O–H groups in total. The SMILES string of the molecule is CCCCCCCCCC1CCc2cc(-c3ccc(OCC4OC4CCCCCC)cn3)c(F)c(F)c2C1. The van der Waals surface area contributed by atoms with Crippen LogP contribution in [0.1, 0.15) is 115 Å². The predicted molar refractivity (Wildman–Crippen MR) is 151 cm³/mol. The van der Waals surface area contributed by atoms with Gasteiger partial charge in [0.1, 0.15) is 18.5 Å². The van der Waals surface area contributed by atoms with Crippen LogP contribution in [-0.4, -0.2) is 23.8 Å². The number of ether oxygens (including phenoxy) is 2. The highest BCUT2D eigenvalue weighted by Crippen LogP contribution is 2.36. The lowest BCUT2D eigenvalue weighted by atomic mass is 9.80. The summed E-state index contributed by atoms with van der Waals surface area (Å²) in [5, 5.41) is 0. The largest absolute Gasteiger partial charge is 0.489 e. The van der Waals surface area contributed by atoms with Crippen molar-refractivity contribution in [3.05, 3.63) is 47.2 Å². The minimum atomic E-state index is -0.779. The van der Waals surface area contributed by atoms with Gasteiger partial charge < -0.3 is 9.47 Å². The van der Waals surface area contributed by atoms with Gasteiger partial charge in [-0.1, -0.05) is 90.9 Å². The van der Waals surface area contributed by atoms with Gasteiger partial charge in [-0.25, -0.2) is 8.78 Å². The Morgan fingerprint density at radius 1 is 0.868 bits per heavy atom. The molecule has 5 heteroatoms. The van der Waals surface area contributed by atoms with Gasteiger partial charge in [0, 0.05) is 5.56 Å². The van der Waals surface area contributed by atoms with Crippen molar-refractivity contribution in [2.75, 3.05) is 6.61 Å². The molecule has 0 amide bonds. The smallest absolute Gasteiger partial charge is 0.168 e. The van der Waals surface area contributed by atoms with Crippen LogP contribution in [0.2, 0.25) is 0 Å². The van der Waals surface area contributed by atoms with Crippen LogP contribution in [-0.2, 0) is 17.6 Å². The Hall–Kier alpha value is -2.01. The molecule has 4 rings (SSSR count). The lowest BCUT2D eigenvalue weighted by molar-refractivity contribution is 0.258. The topological polar surface area (TPSA) is 34.6 Å². The summed E-state index contributed by atoms with van der Waals surface area (Å²) in [7, 11) is 0. The summed E-state index contributed by atoms with van der Waals surface area (Å²) in [4.78, 5) is 4.41. The third kappa shape index (κ3) is 8.24. The Kier molecular flexibility index (Phi) is 11.4. The molecule has 38 heavy (non-hydrogen) atoms. The molecule has 3 atom stereocenters. The van der Waals surface area contributed by atoms with Crippen molar-refractivity contribution in [1.29, 1.82) is 0 Å². The van der Waals surface area contributed by atoms with E-state index in [0.717, 1.165) is 31.2 Å². The number of rotatable bonds is 17. The Bertz CT molecular complexity index is 993. The molecule has 3 nitrogen and oxygen atoms in total. The zero-order valence-electron chi connectivity index (χ0n) is 23.6. The molecule has 0 saturated carbocycles. The summed E-state index contributed by atoms with van der Waals surface area (Å²) in [5.41, 5.74) is 2.21. The fraction of sp³-hybridized carbons (Fsp3) is 0.667. The molecular formula is C33H47F2NO2. The molecule has 210 valence electrons. The van der Waals surface area contributed by atoms with E-state index in [1.165, 1.54) is 70.6 Å². The molecular weight excluding hydrogens is 480 g/mol. The molecule has 1 aromatic carbocycles. The lowest BCUT2D eigenvalue weighted by Crippen LogP contribution is -2.17. The van der Waals surface area contributed by atoms with E-state index in [-0.39, 0.29) is 11.7 Å². The van der Waals surface area contributed by atoms with Gasteiger partial charge in [0.15, 0.2) is 11.6 Å². The molecule has 0 spiro atoms. The highest BCUT2D eigenvalue weighted by atomic mass is 19.2. The van der Waals surface area contributed by atoms with Gasteiger partial charge in [-0.2, -0.15) is 0 Å². The molecule has 1 aliphatic heterocycles. The highest BCUT2D eigenvalue weighted by molar-refractivity contribution is 5.63. The Labute approximate surface area is 228 Å². The maximum atomic E-state index is 15.2. The van der Waals surface area contributed by atoms with Crippen molar-refractivity contribution >= 4 is 0 Å². The lowest BCUT2D eigenvalue weighted by Gasteiger charge is -2.26. The number of pyridine rings is 1. The van der Waals surface area contributed by atoms with E-state index in [2.05, 4.69) is 18.8 Å². The van der Waals surface area contributed by atoms with Crippen molar-refractivity contribution in [3.8, 4) is 17.0 Å². The van der Waals surface area contributed by atoms with Gasteiger partial charge in [-0.15, -0.1) is 0 Å². The van der Waals surface area contributed by atoms with E-state index in [0.29, 0.717) is 42.1 Å². The summed E-state index contributed by atoms with van der Waals surface area (Å²) in [5.74, 6) is -0.376. The van der Waals surface area contributed by atoms with Crippen LogP contribution < -0.4 is 4.74 Å². The number of fused-ring (bicyclic) bond motifs is 1. The second kappa shape index (κ2) is 15.0. The number of aryl methyl sites for hydroxylation is 1. The van der Waals surface area contributed by atoms with Crippen molar-refractivity contribution < 1.29 is 18.3 Å².